The standard InChI is InChI=1S/C13H25IN2O2/c1-12(2)16-18-11-7-3-4-8-13(17)15-10-6-5-9-14/h3-11H2,1-2H3,(H,15,17). The monoisotopic (exact) mass is 368 g/mol. The lowest BCUT2D eigenvalue weighted by molar-refractivity contribution is -0.121. The van der Waals surface area contributed by atoms with Crippen LogP contribution in [-0.2, 0) is 9.63 Å². The van der Waals surface area contributed by atoms with E-state index in [4.69, 9.17) is 4.84 Å². The summed E-state index contributed by atoms with van der Waals surface area (Å²) in [6, 6.07) is 0. The highest BCUT2D eigenvalue weighted by molar-refractivity contribution is 14.1. The third-order valence-corrected chi connectivity index (χ3v) is 3.03. The van der Waals surface area contributed by atoms with Crippen molar-refractivity contribution in [3.05, 3.63) is 0 Å². The van der Waals surface area contributed by atoms with Crippen LogP contribution in [0.4, 0.5) is 0 Å². The second-order valence-corrected chi connectivity index (χ2v) is 5.51. The molecule has 0 aliphatic carbocycles. The molecule has 0 aliphatic heterocycles. The minimum atomic E-state index is 0.173. The molecule has 106 valence electrons. The van der Waals surface area contributed by atoms with E-state index < -0.39 is 0 Å². The second kappa shape index (κ2) is 13.1. The van der Waals surface area contributed by atoms with Gasteiger partial charge in [-0.2, -0.15) is 0 Å². The second-order valence-electron chi connectivity index (χ2n) is 4.43. The van der Waals surface area contributed by atoms with Crippen molar-refractivity contribution in [3.63, 3.8) is 0 Å². The lowest BCUT2D eigenvalue weighted by Crippen LogP contribution is -2.24. The SMILES string of the molecule is CC(C)=NOCCCCCC(=O)NCCCCI. The lowest BCUT2D eigenvalue weighted by atomic mass is 10.2. The maximum absolute atomic E-state index is 11.4. The number of rotatable bonds is 11. The van der Waals surface area contributed by atoms with Gasteiger partial charge in [0.15, 0.2) is 0 Å². The van der Waals surface area contributed by atoms with Gasteiger partial charge in [-0.1, -0.05) is 27.7 Å². The van der Waals surface area contributed by atoms with E-state index in [9.17, 15) is 4.79 Å². The number of carbonyl (C=O) groups excluding carboxylic acids is 1. The van der Waals surface area contributed by atoms with Crippen LogP contribution in [-0.4, -0.2) is 29.2 Å². The molecule has 18 heavy (non-hydrogen) atoms. The van der Waals surface area contributed by atoms with Gasteiger partial charge in [0.25, 0.3) is 0 Å². The van der Waals surface area contributed by atoms with E-state index in [2.05, 4.69) is 33.1 Å². The zero-order valence-corrected chi connectivity index (χ0v) is 13.7. The van der Waals surface area contributed by atoms with Gasteiger partial charge in [0.05, 0.1) is 5.71 Å². The van der Waals surface area contributed by atoms with E-state index in [1.807, 2.05) is 13.8 Å². The zero-order chi connectivity index (χ0) is 13.6. The summed E-state index contributed by atoms with van der Waals surface area (Å²) in [5.74, 6) is 0.173. The maximum atomic E-state index is 11.4. The summed E-state index contributed by atoms with van der Waals surface area (Å²) in [5.41, 5.74) is 0.931. The highest BCUT2D eigenvalue weighted by Crippen LogP contribution is 2.01. The summed E-state index contributed by atoms with van der Waals surface area (Å²) in [5, 5.41) is 6.79. The number of halogens is 1. The zero-order valence-electron chi connectivity index (χ0n) is 11.5. The van der Waals surface area contributed by atoms with Crippen LogP contribution in [0.25, 0.3) is 0 Å². The van der Waals surface area contributed by atoms with Crippen molar-refractivity contribution < 1.29 is 9.63 Å². The number of amides is 1. The molecule has 0 saturated carbocycles. The first kappa shape index (κ1) is 17.7. The maximum Gasteiger partial charge on any atom is 0.219 e. The van der Waals surface area contributed by atoms with E-state index in [0.29, 0.717) is 13.0 Å². The Morgan fingerprint density at radius 3 is 2.61 bits per heavy atom. The van der Waals surface area contributed by atoms with Crippen LogP contribution in [0.15, 0.2) is 5.16 Å². The molecule has 1 N–H and O–H groups in total. The van der Waals surface area contributed by atoms with Crippen molar-refractivity contribution in [1.29, 1.82) is 0 Å². The fourth-order valence-electron chi connectivity index (χ4n) is 1.34. The molecule has 0 saturated heterocycles. The third-order valence-electron chi connectivity index (χ3n) is 2.27. The largest absolute Gasteiger partial charge is 0.396 e. The molecule has 5 heteroatoms. The van der Waals surface area contributed by atoms with Gasteiger partial charge in [0, 0.05) is 13.0 Å². The number of alkyl halides is 1. The van der Waals surface area contributed by atoms with Crippen molar-refractivity contribution in [2.75, 3.05) is 17.6 Å². The average Bonchev–Trinajstić information content (AvgIpc) is 2.33. The number of nitrogens with zero attached hydrogens (tertiary/aromatic N) is 1. The molecular weight excluding hydrogens is 343 g/mol. The molecule has 4 nitrogen and oxygen atoms in total. The summed E-state index contributed by atoms with van der Waals surface area (Å²) in [6.45, 7) is 5.27. The molecule has 0 fully saturated rings. The smallest absolute Gasteiger partial charge is 0.219 e. The summed E-state index contributed by atoms with van der Waals surface area (Å²) in [6.07, 6.45) is 5.78. The molecule has 0 heterocycles. The minimum Gasteiger partial charge on any atom is -0.396 e. The topological polar surface area (TPSA) is 50.7 Å². The van der Waals surface area contributed by atoms with Crippen molar-refractivity contribution in [1.82, 2.24) is 5.32 Å². The predicted octanol–water partition coefficient (Wildman–Crippen LogP) is 3.29. The third kappa shape index (κ3) is 13.7. The Hall–Kier alpha value is -0.330. The van der Waals surface area contributed by atoms with Gasteiger partial charge in [0.1, 0.15) is 6.61 Å². The Morgan fingerprint density at radius 2 is 1.94 bits per heavy atom. The fourth-order valence-corrected chi connectivity index (χ4v) is 1.88. The number of nitrogens with one attached hydrogen (secondary N) is 1. The number of oxime groups is 1. The van der Waals surface area contributed by atoms with Gasteiger partial charge in [-0.25, -0.2) is 0 Å². The molecule has 1 amide bonds. The van der Waals surface area contributed by atoms with Gasteiger partial charge >= 0.3 is 0 Å². The number of unbranched alkanes of at least 4 members (excludes halogenated alkanes) is 3. The first-order valence-corrected chi connectivity index (χ1v) is 8.15. The van der Waals surface area contributed by atoms with Crippen LogP contribution in [0, 0.1) is 0 Å². The van der Waals surface area contributed by atoms with Gasteiger partial charge in [-0.05, 0) is 50.4 Å². The van der Waals surface area contributed by atoms with E-state index in [1.54, 1.807) is 0 Å². The highest BCUT2D eigenvalue weighted by Gasteiger charge is 2.00. The van der Waals surface area contributed by atoms with Gasteiger partial charge < -0.3 is 10.2 Å². The van der Waals surface area contributed by atoms with E-state index >= 15 is 0 Å². The molecule has 0 aliphatic rings. The fraction of sp³-hybridized carbons (Fsp3) is 0.846. The van der Waals surface area contributed by atoms with Crippen LogP contribution < -0.4 is 5.32 Å². The first-order valence-electron chi connectivity index (χ1n) is 6.62. The molecule has 0 aromatic heterocycles. The molecule has 0 aromatic rings. The number of hydrogen-bond acceptors (Lipinski definition) is 3. The van der Waals surface area contributed by atoms with Crippen molar-refractivity contribution in [2.45, 2.75) is 52.4 Å². The summed E-state index contributed by atoms with van der Waals surface area (Å²) in [4.78, 5) is 16.5. The van der Waals surface area contributed by atoms with Crippen LogP contribution in [0.5, 0.6) is 0 Å². The molecular formula is C13H25IN2O2. The number of carbonyl (C=O) groups is 1. The molecule has 0 atom stereocenters. The van der Waals surface area contributed by atoms with Crippen molar-refractivity contribution in [2.24, 2.45) is 5.16 Å². The summed E-state index contributed by atoms with van der Waals surface area (Å²) < 4.78 is 1.16. The molecule has 0 spiro atoms. The average molecular weight is 368 g/mol. The van der Waals surface area contributed by atoms with Crippen LogP contribution in [0.3, 0.4) is 0 Å². The number of hydrogen-bond donors (Lipinski definition) is 1. The Morgan fingerprint density at radius 1 is 1.17 bits per heavy atom. The molecule has 0 unspecified atom stereocenters. The Bertz CT molecular complexity index is 241. The van der Waals surface area contributed by atoms with Crippen LogP contribution >= 0.6 is 22.6 Å². The highest BCUT2D eigenvalue weighted by atomic mass is 127. The summed E-state index contributed by atoms with van der Waals surface area (Å²) in [7, 11) is 0. The molecule has 0 rings (SSSR count). The normalized spacial score (nSPS) is 9.94. The van der Waals surface area contributed by atoms with Crippen molar-refractivity contribution >= 4 is 34.2 Å². The van der Waals surface area contributed by atoms with Crippen LogP contribution in [0.2, 0.25) is 0 Å². The van der Waals surface area contributed by atoms with Gasteiger partial charge in [-0.3, -0.25) is 4.79 Å². The Labute approximate surface area is 124 Å². The first-order chi connectivity index (χ1) is 8.66. The minimum absolute atomic E-state index is 0.173. The van der Waals surface area contributed by atoms with E-state index in [0.717, 1.165) is 42.4 Å². The van der Waals surface area contributed by atoms with Gasteiger partial charge in [0.2, 0.25) is 5.91 Å². The van der Waals surface area contributed by atoms with E-state index in [-0.39, 0.29) is 5.91 Å². The molecule has 0 radical (unpaired) electrons. The molecule has 0 aromatic carbocycles. The lowest BCUT2D eigenvalue weighted by Gasteiger charge is -2.04. The predicted molar refractivity (Wildman–Crippen MR) is 84.3 cm³/mol. The molecule has 0 bridgehead atoms. The van der Waals surface area contributed by atoms with Gasteiger partial charge in [-0.15, -0.1) is 0 Å². The Balaban J connectivity index is 3.22. The summed E-state index contributed by atoms with van der Waals surface area (Å²) >= 11 is 2.35. The quantitative estimate of drug-likeness (QED) is 0.200. The van der Waals surface area contributed by atoms with Crippen LogP contribution in [0.1, 0.15) is 52.4 Å². The Kier molecular flexibility index (Phi) is 12.9. The van der Waals surface area contributed by atoms with Crippen molar-refractivity contribution in [3.8, 4) is 0 Å². The van der Waals surface area contributed by atoms with E-state index in [1.165, 1.54) is 6.42 Å².